The molecule has 1 fully saturated rings. The molecule has 1 amide bonds. The fourth-order valence-electron chi connectivity index (χ4n) is 2.98. The van der Waals surface area contributed by atoms with E-state index < -0.39 is 0 Å². The van der Waals surface area contributed by atoms with E-state index in [1.165, 1.54) is 7.11 Å². The SMILES string of the molecule is COC(=O)C1CC(=O)N(c2ccc(C=Cc3cccc(OC)c3)cc2)C1. The lowest BCUT2D eigenvalue weighted by Gasteiger charge is -2.16. The Morgan fingerprint density at radius 1 is 1.08 bits per heavy atom. The molecule has 0 bridgehead atoms. The third-order valence-corrected chi connectivity index (χ3v) is 4.43. The van der Waals surface area contributed by atoms with Crippen LogP contribution in [0.4, 0.5) is 5.69 Å². The Morgan fingerprint density at radius 2 is 1.81 bits per heavy atom. The second-order valence-electron chi connectivity index (χ2n) is 6.13. The van der Waals surface area contributed by atoms with Gasteiger partial charge in [-0.1, -0.05) is 36.4 Å². The number of hydrogen-bond donors (Lipinski definition) is 0. The molecule has 0 aromatic heterocycles. The first kappa shape index (κ1) is 17.7. The van der Waals surface area contributed by atoms with Crippen LogP contribution in [0, 0.1) is 5.92 Å². The molecule has 1 aliphatic heterocycles. The number of carbonyl (C=O) groups is 2. The van der Waals surface area contributed by atoms with Crippen molar-refractivity contribution in [3.8, 4) is 5.75 Å². The van der Waals surface area contributed by atoms with Gasteiger partial charge in [0.15, 0.2) is 0 Å². The van der Waals surface area contributed by atoms with Gasteiger partial charge in [-0.15, -0.1) is 0 Å². The molecule has 0 radical (unpaired) electrons. The van der Waals surface area contributed by atoms with Gasteiger partial charge in [-0.05, 0) is 35.4 Å². The number of benzene rings is 2. The molecule has 5 nitrogen and oxygen atoms in total. The topological polar surface area (TPSA) is 55.8 Å². The van der Waals surface area contributed by atoms with E-state index in [0.717, 1.165) is 22.6 Å². The molecule has 1 saturated heterocycles. The molecule has 0 aliphatic carbocycles. The summed E-state index contributed by atoms with van der Waals surface area (Å²) in [5.41, 5.74) is 2.86. The van der Waals surface area contributed by atoms with Crippen LogP contribution in [0.2, 0.25) is 0 Å². The number of rotatable bonds is 5. The number of nitrogens with zero attached hydrogens (tertiary/aromatic N) is 1. The Kier molecular flexibility index (Phi) is 5.37. The maximum absolute atomic E-state index is 12.2. The second-order valence-corrected chi connectivity index (χ2v) is 6.13. The molecule has 5 heteroatoms. The first-order valence-corrected chi connectivity index (χ1v) is 8.41. The summed E-state index contributed by atoms with van der Waals surface area (Å²) in [6, 6.07) is 15.5. The van der Waals surface area contributed by atoms with Crippen molar-refractivity contribution in [3.05, 3.63) is 59.7 Å². The summed E-state index contributed by atoms with van der Waals surface area (Å²) in [5, 5.41) is 0. The first-order valence-electron chi connectivity index (χ1n) is 8.41. The highest BCUT2D eigenvalue weighted by Crippen LogP contribution is 2.26. The molecule has 26 heavy (non-hydrogen) atoms. The first-order chi connectivity index (χ1) is 12.6. The van der Waals surface area contributed by atoms with Crippen molar-refractivity contribution in [3.63, 3.8) is 0 Å². The van der Waals surface area contributed by atoms with Gasteiger partial charge in [0.1, 0.15) is 5.75 Å². The van der Waals surface area contributed by atoms with Crippen molar-refractivity contribution in [2.75, 3.05) is 25.7 Å². The largest absolute Gasteiger partial charge is 0.497 e. The maximum Gasteiger partial charge on any atom is 0.311 e. The van der Waals surface area contributed by atoms with Gasteiger partial charge in [0, 0.05) is 18.7 Å². The Morgan fingerprint density at radius 3 is 2.50 bits per heavy atom. The number of ether oxygens (including phenoxy) is 2. The van der Waals surface area contributed by atoms with Gasteiger partial charge in [-0.25, -0.2) is 0 Å². The zero-order valence-corrected chi connectivity index (χ0v) is 14.8. The van der Waals surface area contributed by atoms with E-state index in [1.807, 2.05) is 60.7 Å². The molecule has 0 N–H and O–H groups in total. The number of methoxy groups -OCH3 is 2. The number of anilines is 1. The molecule has 2 aromatic rings. The van der Waals surface area contributed by atoms with Gasteiger partial charge in [-0.2, -0.15) is 0 Å². The molecule has 1 unspecified atom stereocenters. The summed E-state index contributed by atoms with van der Waals surface area (Å²) in [7, 11) is 2.99. The lowest BCUT2D eigenvalue weighted by atomic mass is 10.1. The van der Waals surface area contributed by atoms with Crippen LogP contribution >= 0.6 is 0 Å². The van der Waals surface area contributed by atoms with Gasteiger partial charge in [-0.3, -0.25) is 9.59 Å². The van der Waals surface area contributed by atoms with Gasteiger partial charge < -0.3 is 14.4 Å². The van der Waals surface area contributed by atoms with Crippen LogP contribution in [0.15, 0.2) is 48.5 Å². The standard InChI is InChI=1S/C21H21NO4/c1-25-19-5-3-4-16(12-19)7-6-15-8-10-18(11-9-15)22-14-17(13-20(22)23)21(24)26-2/h3-12,17H,13-14H2,1-2H3. The second kappa shape index (κ2) is 7.87. The van der Waals surface area contributed by atoms with Crippen LogP contribution in [-0.2, 0) is 14.3 Å². The monoisotopic (exact) mass is 351 g/mol. The van der Waals surface area contributed by atoms with Crippen molar-refractivity contribution >= 4 is 29.7 Å². The Hall–Kier alpha value is -3.08. The zero-order valence-electron chi connectivity index (χ0n) is 14.8. The molecule has 0 saturated carbocycles. The minimum absolute atomic E-state index is 0.0555. The van der Waals surface area contributed by atoms with Crippen LogP contribution < -0.4 is 9.64 Å². The van der Waals surface area contributed by atoms with Crippen LogP contribution in [-0.4, -0.2) is 32.6 Å². The van der Waals surface area contributed by atoms with E-state index in [0.29, 0.717) is 6.54 Å². The molecular formula is C21H21NO4. The Bertz CT molecular complexity index is 826. The highest BCUT2D eigenvalue weighted by Gasteiger charge is 2.35. The minimum atomic E-state index is -0.389. The number of carbonyl (C=O) groups excluding carboxylic acids is 2. The van der Waals surface area contributed by atoms with Gasteiger partial charge in [0.05, 0.1) is 20.1 Å². The van der Waals surface area contributed by atoms with E-state index >= 15 is 0 Å². The van der Waals surface area contributed by atoms with Crippen LogP contribution in [0.5, 0.6) is 5.75 Å². The van der Waals surface area contributed by atoms with Gasteiger partial charge >= 0.3 is 5.97 Å². The molecule has 3 rings (SSSR count). The molecule has 2 aromatic carbocycles. The van der Waals surface area contributed by atoms with E-state index in [4.69, 9.17) is 9.47 Å². The van der Waals surface area contributed by atoms with Crippen molar-refractivity contribution in [1.82, 2.24) is 0 Å². The van der Waals surface area contributed by atoms with Crippen molar-refractivity contribution in [2.45, 2.75) is 6.42 Å². The van der Waals surface area contributed by atoms with Gasteiger partial charge in [0.25, 0.3) is 0 Å². The Labute approximate surface area is 152 Å². The smallest absolute Gasteiger partial charge is 0.311 e. The average Bonchev–Trinajstić information content (AvgIpc) is 3.08. The van der Waals surface area contributed by atoms with Crippen molar-refractivity contribution in [1.29, 1.82) is 0 Å². The molecule has 1 atom stereocenters. The summed E-state index contributed by atoms with van der Waals surface area (Å²) in [6.07, 6.45) is 4.21. The van der Waals surface area contributed by atoms with Gasteiger partial charge in [0.2, 0.25) is 5.91 Å². The highest BCUT2D eigenvalue weighted by atomic mass is 16.5. The summed E-state index contributed by atoms with van der Waals surface area (Å²) in [4.78, 5) is 25.4. The van der Waals surface area contributed by atoms with Crippen LogP contribution in [0.25, 0.3) is 12.2 Å². The molecular weight excluding hydrogens is 330 g/mol. The summed E-state index contributed by atoms with van der Waals surface area (Å²) in [5.74, 6) is 0.0362. The quantitative estimate of drug-likeness (QED) is 0.612. The zero-order chi connectivity index (χ0) is 18.5. The predicted octanol–water partition coefficient (Wildman–Crippen LogP) is 3.39. The predicted molar refractivity (Wildman–Crippen MR) is 101 cm³/mol. The lowest BCUT2D eigenvalue weighted by molar-refractivity contribution is -0.145. The normalized spacial score (nSPS) is 16.9. The number of amides is 1. The van der Waals surface area contributed by atoms with Crippen molar-refractivity contribution in [2.24, 2.45) is 5.92 Å². The minimum Gasteiger partial charge on any atom is -0.497 e. The summed E-state index contributed by atoms with van der Waals surface area (Å²) < 4.78 is 9.96. The number of hydrogen-bond acceptors (Lipinski definition) is 4. The van der Waals surface area contributed by atoms with Crippen molar-refractivity contribution < 1.29 is 19.1 Å². The van der Waals surface area contributed by atoms with E-state index in [2.05, 4.69) is 0 Å². The van der Waals surface area contributed by atoms with Crippen LogP contribution in [0.3, 0.4) is 0 Å². The fraction of sp³-hybridized carbons (Fsp3) is 0.238. The lowest BCUT2D eigenvalue weighted by Crippen LogP contribution is -2.26. The molecule has 134 valence electrons. The molecule has 0 spiro atoms. The van der Waals surface area contributed by atoms with Crippen LogP contribution in [0.1, 0.15) is 17.5 Å². The van der Waals surface area contributed by atoms with E-state index in [1.54, 1.807) is 12.0 Å². The highest BCUT2D eigenvalue weighted by molar-refractivity contribution is 5.99. The molecule has 1 heterocycles. The average molecular weight is 351 g/mol. The maximum atomic E-state index is 12.2. The van der Waals surface area contributed by atoms with E-state index in [-0.39, 0.29) is 24.2 Å². The number of esters is 1. The Balaban J connectivity index is 1.69. The third kappa shape index (κ3) is 3.94. The summed E-state index contributed by atoms with van der Waals surface area (Å²) in [6.45, 7) is 0.366. The fourth-order valence-corrected chi connectivity index (χ4v) is 2.98. The molecule has 1 aliphatic rings. The summed E-state index contributed by atoms with van der Waals surface area (Å²) >= 11 is 0. The third-order valence-electron chi connectivity index (χ3n) is 4.43. The van der Waals surface area contributed by atoms with E-state index in [9.17, 15) is 9.59 Å².